The minimum atomic E-state index is -1.21. The van der Waals surface area contributed by atoms with Crippen molar-refractivity contribution in [2.45, 2.75) is 13.5 Å². The van der Waals surface area contributed by atoms with Crippen molar-refractivity contribution in [1.29, 1.82) is 0 Å². The molecule has 0 saturated carbocycles. The molecule has 4 nitrogen and oxygen atoms in total. The van der Waals surface area contributed by atoms with Gasteiger partial charge in [-0.25, -0.2) is 9.18 Å². The number of carboxylic acid groups (broad SMARTS) is 1. The van der Waals surface area contributed by atoms with Crippen molar-refractivity contribution in [3.8, 4) is 0 Å². The predicted molar refractivity (Wildman–Crippen MR) is 52.1 cm³/mol. The molecule has 0 aromatic heterocycles. The van der Waals surface area contributed by atoms with Crippen LogP contribution in [0.3, 0.4) is 0 Å². The van der Waals surface area contributed by atoms with Crippen LogP contribution in [0.15, 0.2) is 23.4 Å². The average molecular weight is 211 g/mol. The summed E-state index contributed by atoms with van der Waals surface area (Å²) in [7, 11) is 0. The molecule has 0 radical (unpaired) electrons. The van der Waals surface area contributed by atoms with Crippen molar-refractivity contribution >= 4 is 12.2 Å². The number of nitrogens with zero attached hydrogens (tertiary/aromatic N) is 1. The maximum atomic E-state index is 13.2. The van der Waals surface area contributed by atoms with Gasteiger partial charge in [-0.2, -0.15) is 0 Å². The molecule has 1 rings (SSSR count). The fourth-order valence-electron chi connectivity index (χ4n) is 1.03. The second-order valence-electron chi connectivity index (χ2n) is 2.88. The summed E-state index contributed by atoms with van der Waals surface area (Å²) in [5.74, 6) is -1.60. The monoisotopic (exact) mass is 211 g/mol. The number of rotatable bonds is 4. The zero-order valence-corrected chi connectivity index (χ0v) is 8.11. The summed E-state index contributed by atoms with van der Waals surface area (Å²) >= 11 is 0. The SMILES string of the molecule is Cc1cccc(F)c1CON=CC(=O)O. The summed E-state index contributed by atoms with van der Waals surface area (Å²) in [4.78, 5) is 14.7. The number of benzene rings is 1. The van der Waals surface area contributed by atoms with Crippen LogP contribution in [0.4, 0.5) is 4.39 Å². The second-order valence-corrected chi connectivity index (χ2v) is 2.88. The summed E-state index contributed by atoms with van der Waals surface area (Å²) in [6.45, 7) is 1.66. The Morgan fingerprint density at radius 3 is 3.00 bits per heavy atom. The summed E-state index contributed by atoms with van der Waals surface area (Å²) in [6, 6.07) is 4.64. The fraction of sp³-hybridized carbons (Fsp3) is 0.200. The lowest BCUT2D eigenvalue weighted by Crippen LogP contribution is -1.98. The van der Waals surface area contributed by atoms with Crippen LogP contribution in [-0.4, -0.2) is 17.3 Å². The van der Waals surface area contributed by atoms with E-state index in [0.717, 1.165) is 5.56 Å². The minimum Gasteiger partial charge on any atom is -0.477 e. The van der Waals surface area contributed by atoms with Crippen molar-refractivity contribution < 1.29 is 19.1 Å². The van der Waals surface area contributed by atoms with Crippen LogP contribution < -0.4 is 0 Å². The molecule has 0 aliphatic carbocycles. The predicted octanol–water partition coefficient (Wildman–Crippen LogP) is 1.72. The normalized spacial score (nSPS) is 10.5. The number of aliphatic carboxylic acids is 1. The lowest BCUT2D eigenvalue weighted by Gasteiger charge is -2.04. The van der Waals surface area contributed by atoms with E-state index in [9.17, 15) is 9.18 Å². The summed E-state index contributed by atoms with van der Waals surface area (Å²) < 4.78 is 13.2. The van der Waals surface area contributed by atoms with E-state index < -0.39 is 5.97 Å². The minimum absolute atomic E-state index is 0.0811. The van der Waals surface area contributed by atoms with E-state index in [-0.39, 0.29) is 12.4 Å². The van der Waals surface area contributed by atoms with Crippen molar-refractivity contribution in [1.82, 2.24) is 0 Å². The van der Waals surface area contributed by atoms with Crippen molar-refractivity contribution in [2.75, 3.05) is 0 Å². The van der Waals surface area contributed by atoms with Gasteiger partial charge in [0.15, 0.2) is 6.21 Å². The first-order valence-corrected chi connectivity index (χ1v) is 4.23. The molecule has 0 atom stereocenters. The Balaban J connectivity index is 2.61. The van der Waals surface area contributed by atoms with Crippen molar-refractivity contribution in [2.24, 2.45) is 5.16 Å². The number of oxime groups is 1. The van der Waals surface area contributed by atoms with Crippen LogP contribution in [0, 0.1) is 12.7 Å². The van der Waals surface area contributed by atoms with Crippen molar-refractivity contribution in [3.05, 3.63) is 35.1 Å². The third-order valence-electron chi connectivity index (χ3n) is 1.80. The number of hydrogen-bond acceptors (Lipinski definition) is 3. The van der Waals surface area contributed by atoms with Gasteiger partial charge in [0.1, 0.15) is 12.4 Å². The Morgan fingerprint density at radius 2 is 2.40 bits per heavy atom. The molecule has 80 valence electrons. The molecule has 0 unspecified atom stereocenters. The Morgan fingerprint density at radius 1 is 1.67 bits per heavy atom. The van der Waals surface area contributed by atoms with E-state index in [4.69, 9.17) is 5.11 Å². The van der Waals surface area contributed by atoms with Gasteiger partial charge in [-0.3, -0.25) is 0 Å². The first-order valence-electron chi connectivity index (χ1n) is 4.23. The van der Waals surface area contributed by atoms with E-state index in [2.05, 4.69) is 9.99 Å². The number of halogens is 1. The molecule has 0 aliphatic rings. The Kier molecular flexibility index (Phi) is 3.79. The molecule has 1 aromatic rings. The van der Waals surface area contributed by atoms with E-state index in [0.29, 0.717) is 11.8 Å². The molecule has 0 heterocycles. The summed E-state index contributed by atoms with van der Waals surface area (Å²) in [6.07, 6.45) is 0.607. The average Bonchev–Trinajstić information content (AvgIpc) is 2.15. The maximum absolute atomic E-state index is 13.2. The Bertz CT molecular complexity index is 370. The number of hydrogen-bond donors (Lipinski definition) is 1. The molecule has 0 bridgehead atoms. The highest BCUT2D eigenvalue weighted by Gasteiger charge is 2.04. The van der Waals surface area contributed by atoms with Crippen LogP contribution >= 0.6 is 0 Å². The van der Waals surface area contributed by atoms with Gasteiger partial charge >= 0.3 is 5.97 Å². The fourth-order valence-corrected chi connectivity index (χ4v) is 1.03. The number of carbonyl (C=O) groups is 1. The van der Waals surface area contributed by atoms with Gasteiger partial charge in [-0.15, -0.1) is 0 Å². The largest absolute Gasteiger partial charge is 0.477 e. The lowest BCUT2D eigenvalue weighted by atomic mass is 10.1. The third kappa shape index (κ3) is 3.38. The van der Waals surface area contributed by atoms with Crippen LogP contribution in [0.25, 0.3) is 0 Å². The van der Waals surface area contributed by atoms with Crippen molar-refractivity contribution in [3.63, 3.8) is 0 Å². The molecule has 15 heavy (non-hydrogen) atoms. The zero-order chi connectivity index (χ0) is 11.3. The van der Waals surface area contributed by atoms with Gasteiger partial charge in [0.25, 0.3) is 0 Å². The maximum Gasteiger partial charge on any atom is 0.350 e. The molecule has 1 aromatic carbocycles. The van der Waals surface area contributed by atoms with Gasteiger partial charge in [-0.1, -0.05) is 17.3 Å². The van der Waals surface area contributed by atoms with Crippen LogP contribution in [0.2, 0.25) is 0 Å². The quantitative estimate of drug-likeness (QED) is 0.609. The van der Waals surface area contributed by atoms with Crippen LogP contribution in [0.5, 0.6) is 0 Å². The molecule has 1 N–H and O–H groups in total. The molecule has 5 heteroatoms. The van der Waals surface area contributed by atoms with E-state index in [1.54, 1.807) is 19.1 Å². The van der Waals surface area contributed by atoms with E-state index in [1.807, 2.05) is 0 Å². The Hall–Kier alpha value is -1.91. The molecular formula is C10H10FNO3. The van der Waals surface area contributed by atoms with Gasteiger partial charge in [0.2, 0.25) is 0 Å². The van der Waals surface area contributed by atoms with Gasteiger partial charge in [-0.05, 0) is 18.6 Å². The van der Waals surface area contributed by atoms with Crippen LogP contribution in [-0.2, 0) is 16.2 Å². The van der Waals surface area contributed by atoms with Crippen LogP contribution in [0.1, 0.15) is 11.1 Å². The first kappa shape index (κ1) is 11.2. The van der Waals surface area contributed by atoms with Gasteiger partial charge in [0, 0.05) is 5.56 Å². The highest BCUT2D eigenvalue weighted by Crippen LogP contribution is 2.13. The highest BCUT2D eigenvalue weighted by molar-refractivity contribution is 6.21. The Labute approximate surface area is 86.0 Å². The number of aryl methyl sites for hydroxylation is 1. The number of carboxylic acids is 1. The molecule has 0 aliphatic heterocycles. The molecule has 0 spiro atoms. The summed E-state index contributed by atoms with van der Waals surface area (Å²) in [5, 5.41) is 11.4. The molecule has 0 fully saturated rings. The van der Waals surface area contributed by atoms with Gasteiger partial charge in [0.05, 0.1) is 0 Å². The molecule has 0 saturated heterocycles. The lowest BCUT2D eigenvalue weighted by molar-refractivity contribution is -0.129. The zero-order valence-electron chi connectivity index (χ0n) is 8.11. The third-order valence-corrected chi connectivity index (χ3v) is 1.80. The topological polar surface area (TPSA) is 58.9 Å². The standard InChI is InChI=1S/C10H10FNO3/c1-7-3-2-4-9(11)8(7)6-15-12-5-10(13)14/h2-5H,6H2,1H3,(H,13,14). The first-order chi connectivity index (χ1) is 7.11. The highest BCUT2D eigenvalue weighted by atomic mass is 19.1. The van der Waals surface area contributed by atoms with Gasteiger partial charge < -0.3 is 9.94 Å². The van der Waals surface area contributed by atoms with E-state index >= 15 is 0 Å². The smallest absolute Gasteiger partial charge is 0.350 e. The molecule has 0 amide bonds. The summed E-state index contributed by atoms with van der Waals surface area (Å²) in [5.41, 5.74) is 1.11. The van der Waals surface area contributed by atoms with E-state index in [1.165, 1.54) is 6.07 Å². The second kappa shape index (κ2) is 5.09. The molecular weight excluding hydrogens is 201 g/mol.